The fourth-order valence-corrected chi connectivity index (χ4v) is 2.43. The van der Waals surface area contributed by atoms with E-state index in [-0.39, 0.29) is 11.8 Å². The zero-order valence-corrected chi connectivity index (χ0v) is 12.7. The van der Waals surface area contributed by atoms with Crippen molar-refractivity contribution in [3.05, 3.63) is 24.3 Å². The van der Waals surface area contributed by atoms with Gasteiger partial charge < -0.3 is 20.3 Å². The summed E-state index contributed by atoms with van der Waals surface area (Å²) in [6.07, 6.45) is -1.07. The van der Waals surface area contributed by atoms with Crippen molar-refractivity contribution in [1.82, 2.24) is 10.2 Å². The average molecular weight is 331 g/mol. The summed E-state index contributed by atoms with van der Waals surface area (Å²) in [5, 5.41) is 5.29. The molecule has 23 heavy (non-hydrogen) atoms. The van der Waals surface area contributed by atoms with Crippen molar-refractivity contribution in [1.29, 1.82) is 0 Å². The van der Waals surface area contributed by atoms with Crippen LogP contribution in [0.25, 0.3) is 0 Å². The monoisotopic (exact) mass is 331 g/mol. The van der Waals surface area contributed by atoms with E-state index in [1.807, 2.05) is 0 Å². The zero-order valence-electron chi connectivity index (χ0n) is 12.7. The number of halogens is 3. The molecule has 2 rings (SSSR count). The summed E-state index contributed by atoms with van der Waals surface area (Å²) in [6, 6.07) is 4.62. The molecule has 2 amide bonds. The Morgan fingerprint density at radius 1 is 1.13 bits per heavy atom. The lowest BCUT2D eigenvalue weighted by Gasteiger charge is -2.26. The first kappa shape index (κ1) is 17.4. The first-order valence-corrected chi connectivity index (χ1v) is 7.55. The Labute approximate surface area is 132 Å². The van der Waals surface area contributed by atoms with Crippen molar-refractivity contribution in [3.63, 3.8) is 0 Å². The highest BCUT2D eigenvalue weighted by Crippen LogP contribution is 2.23. The van der Waals surface area contributed by atoms with Gasteiger partial charge in [0.15, 0.2) is 0 Å². The van der Waals surface area contributed by atoms with Gasteiger partial charge in [-0.3, -0.25) is 0 Å². The third kappa shape index (κ3) is 6.77. The number of benzene rings is 1. The predicted octanol–water partition coefficient (Wildman–Crippen LogP) is 3.19. The third-order valence-corrected chi connectivity index (χ3v) is 3.51. The van der Waals surface area contributed by atoms with Crippen LogP contribution in [0.4, 0.5) is 23.7 Å². The summed E-state index contributed by atoms with van der Waals surface area (Å²) in [7, 11) is 0. The molecule has 8 heteroatoms. The summed E-state index contributed by atoms with van der Waals surface area (Å²) >= 11 is 0. The van der Waals surface area contributed by atoms with Crippen LogP contribution in [0, 0.1) is 0 Å². The Kier molecular flexibility index (Phi) is 6.09. The van der Waals surface area contributed by atoms with Crippen molar-refractivity contribution < 1.29 is 22.7 Å². The number of hydrogen-bond donors (Lipinski definition) is 2. The SMILES string of the molecule is O=C(NCCN1CCCCC1)Nc1ccc(OC(F)(F)F)cc1. The van der Waals surface area contributed by atoms with Crippen LogP contribution in [0.15, 0.2) is 24.3 Å². The maximum Gasteiger partial charge on any atom is 0.573 e. The van der Waals surface area contributed by atoms with Gasteiger partial charge in [-0.15, -0.1) is 13.2 Å². The topological polar surface area (TPSA) is 53.6 Å². The highest BCUT2D eigenvalue weighted by Gasteiger charge is 2.30. The molecule has 1 fully saturated rings. The largest absolute Gasteiger partial charge is 0.573 e. The van der Waals surface area contributed by atoms with Gasteiger partial charge in [0, 0.05) is 18.8 Å². The molecule has 5 nitrogen and oxygen atoms in total. The fraction of sp³-hybridized carbons (Fsp3) is 0.533. The fourth-order valence-electron chi connectivity index (χ4n) is 2.43. The summed E-state index contributed by atoms with van der Waals surface area (Å²) in [5.41, 5.74) is 0.398. The number of piperidine rings is 1. The van der Waals surface area contributed by atoms with E-state index in [1.54, 1.807) is 0 Å². The Hall–Kier alpha value is -1.96. The van der Waals surface area contributed by atoms with Crippen LogP contribution < -0.4 is 15.4 Å². The number of rotatable bonds is 5. The van der Waals surface area contributed by atoms with Crippen LogP contribution in [-0.2, 0) is 0 Å². The number of urea groups is 1. The molecular weight excluding hydrogens is 311 g/mol. The predicted molar refractivity (Wildman–Crippen MR) is 80.4 cm³/mol. The van der Waals surface area contributed by atoms with Crippen LogP contribution >= 0.6 is 0 Å². The van der Waals surface area contributed by atoms with Crippen molar-refractivity contribution in [3.8, 4) is 5.75 Å². The van der Waals surface area contributed by atoms with Gasteiger partial charge in [0.2, 0.25) is 0 Å². The standard InChI is InChI=1S/C15H20F3N3O2/c16-15(17,18)23-13-6-4-12(5-7-13)20-14(22)19-8-11-21-9-2-1-3-10-21/h4-7H,1-3,8-11H2,(H2,19,20,22). The van der Waals surface area contributed by atoms with Crippen molar-refractivity contribution in [2.24, 2.45) is 0 Å². The van der Waals surface area contributed by atoms with Gasteiger partial charge in [0.25, 0.3) is 0 Å². The second kappa shape index (κ2) is 8.05. The molecule has 1 saturated heterocycles. The van der Waals surface area contributed by atoms with Crippen LogP contribution in [0.1, 0.15) is 19.3 Å². The highest BCUT2D eigenvalue weighted by molar-refractivity contribution is 5.89. The molecule has 2 N–H and O–H groups in total. The second-order valence-corrected chi connectivity index (χ2v) is 5.36. The number of amides is 2. The lowest BCUT2D eigenvalue weighted by molar-refractivity contribution is -0.274. The summed E-state index contributed by atoms with van der Waals surface area (Å²) in [4.78, 5) is 14.0. The number of nitrogens with one attached hydrogen (secondary N) is 2. The van der Waals surface area contributed by atoms with Gasteiger partial charge in [-0.05, 0) is 50.2 Å². The molecule has 0 atom stereocenters. The van der Waals surface area contributed by atoms with Crippen molar-refractivity contribution in [2.75, 3.05) is 31.5 Å². The minimum Gasteiger partial charge on any atom is -0.406 e. The Morgan fingerprint density at radius 3 is 2.39 bits per heavy atom. The Bertz CT molecular complexity index is 500. The quantitative estimate of drug-likeness (QED) is 0.871. The molecule has 1 aliphatic rings. The van der Waals surface area contributed by atoms with Crippen LogP contribution in [0.3, 0.4) is 0 Å². The number of ether oxygens (including phenoxy) is 1. The number of anilines is 1. The van der Waals surface area contributed by atoms with E-state index >= 15 is 0 Å². The van der Waals surface area contributed by atoms with E-state index in [1.165, 1.54) is 31.4 Å². The third-order valence-electron chi connectivity index (χ3n) is 3.51. The molecule has 0 spiro atoms. The molecular formula is C15H20F3N3O2. The van der Waals surface area contributed by atoms with E-state index in [0.29, 0.717) is 12.2 Å². The summed E-state index contributed by atoms with van der Waals surface area (Å²) in [5.74, 6) is -0.325. The molecule has 0 bridgehead atoms. The Balaban J connectivity index is 1.70. The second-order valence-electron chi connectivity index (χ2n) is 5.36. The lowest BCUT2D eigenvalue weighted by atomic mass is 10.1. The molecule has 0 aromatic heterocycles. The molecule has 0 aliphatic carbocycles. The normalized spacial score (nSPS) is 16.0. The molecule has 1 aromatic carbocycles. The van der Waals surface area contributed by atoms with Crippen LogP contribution in [0.2, 0.25) is 0 Å². The smallest absolute Gasteiger partial charge is 0.406 e. The number of likely N-dealkylation sites (tertiary alicyclic amines) is 1. The maximum atomic E-state index is 12.0. The van der Waals surface area contributed by atoms with Crippen molar-refractivity contribution in [2.45, 2.75) is 25.6 Å². The van der Waals surface area contributed by atoms with Gasteiger partial charge in [-0.25, -0.2) is 4.79 Å². The average Bonchev–Trinajstić information content (AvgIpc) is 2.49. The molecule has 0 saturated carbocycles. The van der Waals surface area contributed by atoms with Crippen molar-refractivity contribution >= 4 is 11.7 Å². The van der Waals surface area contributed by atoms with Gasteiger partial charge in [0.1, 0.15) is 5.75 Å². The minimum absolute atomic E-state index is 0.325. The minimum atomic E-state index is -4.72. The highest BCUT2D eigenvalue weighted by atomic mass is 19.4. The molecule has 1 heterocycles. The van der Waals surface area contributed by atoms with Gasteiger partial charge in [-0.1, -0.05) is 6.42 Å². The maximum absolute atomic E-state index is 12.0. The van der Waals surface area contributed by atoms with E-state index < -0.39 is 6.36 Å². The van der Waals surface area contributed by atoms with E-state index in [2.05, 4.69) is 20.3 Å². The number of alkyl halides is 3. The molecule has 128 valence electrons. The Morgan fingerprint density at radius 2 is 1.78 bits per heavy atom. The van der Waals surface area contributed by atoms with E-state index in [9.17, 15) is 18.0 Å². The zero-order chi connectivity index (χ0) is 16.7. The molecule has 0 unspecified atom stereocenters. The number of nitrogens with zero attached hydrogens (tertiary/aromatic N) is 1. The van der Waals surface area contributed by atoms with Gasteiger partial charge in [0.05, 0.1) is 0 Å². The summed E-state index contributed by atoms with van der Waals surface area (Å²) < 4.78 is 39.9. The molecule has 1 aliphatic heterocycles. The van der Waals surface area contributed by atoms with Gasteiger partial charge >= 0.3 is 12.4 Å². The number of carbonyl (C=O) groups excluding carboxylic acids is 1. The van der Waals surface area contributed by atoms with E-state index in [4.69, 9.17) is 0 Å². The first-order valence-electron chi connectivity index (χ1n) is 7.55. The first-order chi connectivity index (χ1) is 10.9. The van der Waals surface area contributed by atoms with Crippen LogP contribution in [-0.4, -0.2) is 43.5 Å². The molecule has 1 aromatic rings. The number of carbonyl (C=O) groups is 1. The summed E-state index contributed by atoms with van der Waals surface area (Å²) in [6.45, 7) is 3.45. The number of hydrogen-bond acceptors (Lipinski definition) is 3. The lowest BCUT2D eigenvalue weighted by Crippen LogP contribution is -2.39. The molecule has 0 radical (unpaired) electrons. The van der Waals surface area contributed by atoms with E-state index in [0.717, 1.165) is 31.8 Å². The van der Waals surface area contributed by atoms with Gasteiger partial charge in [-0.2, -0.15) is 0 Å². The van der Waals surface area contributed by atoms with Crippen LogP contribution in [0.5, 0.6) is 5.75 Å².